The smallest absolute Gasteiger partial charge is 0.290 e. The number of rotatable bonds is 2. The molecule has 54 valence electrons. The molecule has 1 nitrogen and oxygen atoms in total. The summed E-state index contributed by atoms with van der Waals surface area (Å²) >= 11 is 6.19. The molecule has 0 saturated carbocycles. The van der Waals surface area contributed by atoms with E-state index >= 15 is 0 Å². The second kappa shape index (κ2) is 3.04. The Morgan fingerprint density at radius 3 is 2.44 bits per heavy atom. The molecule has 1 aliphatic rings. The molecule has 0 aromatic carbocycles. The highest BCUT2D eigenvalue weighted by Gasteiger charge is 2.35. The van der Waals surface area contributed by atoms with Crippen molar-refractivity contribution in [2.75, 3.05) is 6.61 Å². The van der Waals surface area contributed by atoms with Gasteiger partial charge < -0.3 is 4.43 Å². The minimum Gasteiger partial charge on any atom is -0.403 e. The SMILES string of the molecule is CCO[Si]1(Cl)CCCC1. The molecule has 9 heavy (non-hydrogen) atoms. The van der Waals surface area contributed by atoms with E-state index in [9.17, 15) is 0 Å². The van der Waals surface area contributed by atoms with Crippen LogP contribution in [0.3, 0.4) is 0 Å². The fourth-order valence-electron chi connectivity index (χ4n) is 1.31. The van der Waals surface area contributed by atoms with Crippen LogP contribution in [-0.4, -0.2) is 14.2 Å². The van der Waals surface area contributed by atoms with Gasteiger partial charge in [-0.1, -0.05) is 12.8 Å². The highest BCUT2D eigenvalue weighted by atomic mass is 35.6. The Morgan fingerprint density at radius 2 is 2.00 bits per heavy atom. The van der Waals surface area contributed by atoms with Gasteiger partial charge in [0.15, 0.2) is 0 Å². The molecule has 0 atom stereocenters. The summed E-state index contributed by atoms with van der Waals surface area (Å²) in [6, 6.07) is 2.34. The molecule has 1 rings (SSSR count). The van der Waals surface area contributed by atoms with E-state index in [1.54, 1.807) is 0 Å². The maximum atomic E-state index is 6.19. The molecular formula is C6H13ClOSi. The first-order chi connectivity index (χ1) is 4.27. The van der Waals surface area contributed by atoms with Gasteiger partial charge in [0.05, 0.1) is 0 Å². The van der Waals surface area contributed by atoms with Gasteiger partial charge in [-0.25, -0.2) is 0 Å². The van der Waals surface area contributed by atoms with Gasteiger partial charge in [0.25, 0.3) is 7.63 Å². The zero-order valence-electron chi connectivity index (χ0n) is 5.82. The van der Waals surface area contributed by atoms with Crippen LogP contribution in [0.5, 0.6) is 0 Å². The van der Waals surface area contributed by atoms with Crippen LogP contribution in [0.15, 0.2) is 0 Å². The predicted octanol–water partition coefficient (Wildman–Crippen LogP) is 2.50. The lowest BCUT2D eigenvalue weighted by molar-refractivity contribution is 0.339. The van der Waals surface area contributed by atoms with Gasteiger partial charge >= 0.3 is 0 Å². The van der Waals surface area contributed by atoms with Crippen molar-refractivity contribution in [3.05, 3.63) is 0 Å². The molecule has 1 heterocycles. The molecule has 0 aromatic rings. The monoisotopic (exact) mass is 164 g/mol. The van der Waals surface area contributed by atoms with Gasteiger partial charge in [0, 0.05) is 6.61 Å². The van der Waals surface area contributed by atoms with Crippen LogP contribution < -0.4 is 0 Å². The van der Waals surface area contributed by atoms with Gasteiger partial charge in [0.2, 0.25) is 0 Å². The molecule has 0 amide bonds. The average molecular weight is 165 g/mol. The Bertz CT molecular complexity index is 91.1. The second-order valence-electron chi connectivity index (χ2n) is 2.52. The van der Waals surface area contributed by atoms with Crippen molar-refractivity contribution in [3.8, 4) is 0 Å². The zero-order valence-corrected chi connectivity index (χ0v) is 7.58. The van der Waals surface area contributed by atoms with Gasteiger partial charge in [-0.3, -0.25) is 0 Å². The van der Waals surface area contributed by atoms with E-state index in [1.807, 2.05) is 6.92 Å². The number of halogens is 1. The van der Waals surface area contributed by atoms with Crippen LogP contribution in [0, 0.1) is 0 Å². The molecule has 0 aromatic heterocycles. The van der Waals surface area contributed by atoms with Crippen molar-refractivity contribution in [3.63, 3.8) is 0 Å². The molecule has 0 N–H and O–H groups in total. The van der Waals surface area contributed by atoms with Crippen LogP contribution in [-0.2, 0) is 4.43 Å². The quantitative estimate of drug-likeness (QED) is 0.450. The Hall–Kier alpha value is 0.467. The normalized spacial score (nSPS) is 24.7. The van der Waals surface area contributed by atoms with Crippen LogP contribution in [0.25, 0.3) is 0 Å². The minimum atomic E-state index is -1.61. The fourth-order valence-corrected chi connectivity index (χ4v) is 5.05. The van der Waals surface area contributed by atoms with E-state index in [-0.39, 0.29) is 0 Å². The van der Waals surface area contributed by atoms with Crippen molar-refractivity contribution in [1.82, 2.24) is 0 Å². The highest BCUT2D eigenvalue weighted by molar-refractivity contribution is 7.17. The van der Waals surface area contributed by atoms with Gasteiger partial charge in [0.1, 0.15) is 0 Å². The summed E-state index contributed by atoms with van der Waals surface area (Å²) in [6.07, 6.45) is 2.57. The Labute approximate surface area is 62.2 Å². The van der Waals surface area contributed by atoms with E-state index in [1.165, 1.54) is 24.9 Å². The first-order valence-corrected chi connectivity index (χ1v) is 6.93. The molecule has 1 aliphatic heterocycles. The maximum absolute atomic E-state index is 6.19. The van der Waals surface area contributed by atoms with E-state index < -0.39 is 7.63 Å². The van der Waals surface area contributed by atoms with Crippen molar-refractivity contribution in [2.24, 2.45) is 0 Å². The maximum Gasteiger partial charge on any atom is 0.290 e. The Kier molecular flexibility index (Phi) is 2.56. The summed E-state index contributed by atoms with van der Waals surface area (Å²) in [5.74, 6) is 0. The summed E-state index contributed by atoms with van der Waals surface area (Å²) < 4.78 is 5.49. The Morgan fingerprint density at radius 1 is 1.44 bits per heavy atom. The third-order valence-electron chi connectivity index (χ3n) is 1.75. The molecule has 0 aliphatic carbocycles. The summed E-state index contributed by atoms with van der Waals surface area (Å²) in [5.41, 5.74) is 0. The lowest BCUT2D eigenvalue weighted by Crippen LogP contribution is -2.26. The zero-order chi connectivity index (χ0) is 6.74. The standard InChI is InChI=1S/C6H13ClOSi/c1-2-8-9(7)5-3-4-6-9/h2-6H2,1H3. The largest absolute Gasteiger partial charge is 0.403 e. The van der Waals surface area contributed by atoms with E-state index in [2.05, 4.69) is 0 Å². The van der Waals surface area contributed by atoms with Crippen LogP contribution in [0.4, 0.5) is 0 Å². The molecule has 0 unspecified atom stereocenters. The van der Waals surface area contributed by atoms with Gasteiger partial charge in [-0.2, -0.15) is 0 Å². The van der Waals surface area contributed by atoms with E-state index in [0.29, 0.717) is 0 Å². The first-order valence-electron chi connectivity index (χ1n) is 3.60. The molecule has 0 bridgehead atoms. The summed E-state index contributed by atoms with van der Waals surface area (Å²) in [5, 5.41) is 0. The van der Waals surface area contributed by atoms with Gasteiger partial charge in [-0.05, 0) is 19.0 Å². The minimum absolute atomic E-state index is 0.801. The molecule has 0 spiro atoms. The lowest BCUT2D eigenvalue weighted by atomic mass is 10.4. The second-order valence-corrected chi connectivity index (χ2v) is 7.64. The summed E-state index contributed by atoms with van der Waals surface area (Å²) in [7, 11) is -1.61. The average Bonchev–Trinajstić information content (AvgIpc) is 2.16. The molecule has 1 saturated heterocycles. The van der Waals surface area contributed by atoms with Crippen LogP contribution >= 0.6 is 11.1 Å². The fraction of sp³-hybridized carbons (Fsp3) is 1.00. The summed E-state index contributed by atoms with van der Waals surface area (Å²) in [4.78, 5) is 0. The van der Waals surface area contributed by atoms with Gasteiger partial charge in [-0.15, -0.1) is 11.1 Å². The molecule has 1 fully saturated rings. The lowest BCUT2D eigenvalue weighted by Gasteiger charge is -2.16. The topological polar surface area (TPSA) is 9.23 Å². The highest BCUT2D eigenvalue weighted by Crippen LogP contribution is 2.33. The van der Waals surface area contributed by atoms with Crippen LogP contribution in [0.1, 0.15) is 19.8 Å². The molecular weight excluding hydrogens is 152 g/mol. The van der Waals surface area contributed by atoms with Crippen molar-refractivity contribution < 1.29 is 4.43 Å². The number of hydrogen-bond acceptors (Lipinski definition) is 1. The molecule has 0 radical (unpaired) electrons. The van der Waals surface area contributed by atoms with E-state index in [0.717, 1.165) is 6.61 Å². The first kappa shape index (κ1) is 7.57. The number of hydrogen-bond donors (Lipinski definition) is 0. The summed E-state index contributed by atoms with van der Waals surface area (Å²) in [6.45, 7) is 2.82. The van der Waals surface area contributed by atoms with Crippen molar-refractivity contribution >= 4 is 18.7 Å². The predicted molar refractivity (Wildman–Crippen MR) is 42.1 cm³/mol. The third kappa shape index (κ3) is 1.95. The van der Waals surface area contributed by atoms with Crippen molar-refractivity contribution in [1.29, 1.82) is 0 Å². The third-order valence-corrected chi connectivity index (χ3v) is 6.22. The van der Waals surface area contributed by atoms with Crippen molar-refractivity contribution in [2.45, 2.75) is 31.9 Å². The molecule has 3 heteroatoms. The Balaban J connectivity index is 2.32. The van der Waals surface area contributed by atoms with Crippen LogP contribution in [0.2, 0.25) is 12.1 Å². The van der Waals surface area contributed by atoms with E-state index in [4.69, 9.17) is 15.5 Å².